The Morgan fingerprint density at radius 1 is 1.15 bits per heavy atom. The standard InChI is InChI=1S/C22H35N3O2/c1-17-21(8-11-23-17)22(26)25(16-20-7-4-14-27-20)15-18-9-12-24(13-10-18)19-5-2-3-6-19/h8,11,18-20,23H,2-7,9-10,12-16H2,1H3/t20-/m0/s1. The highest BCUT2D eigenvalue weighted by Crippen LogP contribution is 2.29. The first-order valence-corrected chi connectivity index (χ1v) is 11.0. The number of hydrogen-bond acceptors (Lipinski definition) is 3. The molecular weight excluding hydrogens is 338 g/mol. The Bertz CT molecular complexity index is 609. The van der Waals surface area contributed by atoms with Crippen molar-refractivity contribution in [2.45, 2.75) is 70.4 Å². The molecule has 1 aliphatic carbocycles. The lowest BCUT2D eigenvalue weighted by Crippen LogP contribution is -2.45. The molecular formula is C22H35N3O2. The van der Waals surface area contributed by atoms with Crippen molar-refractivity contribution in [3.8, 4) is 0 Å². The van der Waals surface area contributed by atoms with Crippen LogP contribution in [0.3, 0.4) is 0 Å². The SMILES string of the molecule is Cc1[nH]ccc1C(=O)N(CC1CCN(C2CCCC2)CC1)C[C@@H]1CCCO1. The van der Waals surface area contributed by atoms with Gasteiger partial charge in [-0.2, -0.15) is 0 Å². The zero-order valence-electron chi connectivity index (χ0n) is 16.8. The van der Waals surface area contributed by atoms with Crippen molar-refractivity contribution in [3.05, 3.63) is 23.5 Å². The zero-order chi connectivity index (χ0) is 18.6. The molecule has 3 fully saturated rings. The fourth-order valence-electron chi connectivity index (χ4n) is 5.21. The maximum Gasteiger partial charge on any atom is 0.255 e. The van der Waals surface area contributed by atoms with E-state index >= 15 is 0 Å². The third kappa shape index (κ3) is 4.57. The summed E-state index contributed by atoms with van der Waals surface area (Å²) in [5.41, 5.74) is 1.78. The van der Waals surface area contributed by atoms with E-state index in [4.69, 9.17) is 4.74 Å². The van der Waals surface area contributed by atoms with E-state index in [2.05, 4.69) is 14.8 Å². The van der Waals surface area contributed by atoms with Gasteiger partial charge in [-0.1, -0.05) is 12.8 Å². The number of H-pyrrole nitrogens is 1. The van der Waals surface area contributed by atoms with E-state index in [9.17, 15) is 4.79 Å². The Hall–Kier alpha value is -1.33. The topological polar surface area (TPSA) is 48.6 Å². The number of rotatable bonds is 6. The Kier molecular flexibility index (Phi) is 6.18. The smallest absolute Gasteiger partial charge is 0.255 e. The van der Waals surface area contributed by atoms with Gasteiger partial charge in [-0.3, -0.25) is 4.79 Å². The summed E-state index contributed by atoms with van der Waals surface area (Å²) < 4.78 is 5.84. The molecule has 2 saturated heterocycles. The molecule has 0 unspecified atom stereocenters. The highest BCUT2D eigenvalue weighted by Gasteiger charge is 2.31. The van der Waals surface area contributed by atoms with Crippen LogP contribution in [0.2, 0.25) is 0 Å². The first kappa shape index (κ1) is 19.0. The number of aromatic nitrogens is 1. The van der Waals surface area contributed by atoms with E-state index < -0.39 is 0 Å². The lowest BCUT2D eigenvalue weighted by Gasteiger charge is -2.38. The normalized spacial score (nSPS) is 25.3. The molecule has 3 heterocycles. The van der Waals surface area contributed by atoms with Gasteiger partial charge in [0, 0.05) is 37.6 Å². The lowest BCUT2D eigenvalue weighted by molar-refractivity contribution is 0.0429. The summed E-state index contributed by atoms with van der Waals surface area (Å²) in [6, 6.07) is 2.75. The molecule has 2 aliphatic heterocycles. The molecule has 0 spiro atoms. The molecule has 1 saturated carbocycles. The van der Waals surface area contributed by atoms with Gasteiger partial charge >= 0.3 is 0 Å². The van der Waals surface area contributed by atoms with Crippen molar-refractivity contribution in [1.29, 1.82) is 0 Å². The van der Waals surface area contributed by atoms with Gasteiger partial charge in [0.1, 0.15) is 0 Å². The Balaban J connectivity index is 1.37. The fourth-order valence-corrected chi connectivity index (χ4v) is 5.21. The molecule has 4 rings (SSSR count). The van der Waals surface area contributed by atoms with Gasteiger partial charge in [-0.05, 0) is 70.5 Å². The van der Waals surface area contributed by atoms with E-state index in [-0.39, 0.29) is 12.0 Å². The Morgan fingerprint density at radius 3 is 2.56 bits per heavy atom. The van der Waals surface area contributed by atoms with Crippen LogP contribution in [0.15, 0.2) is 12.3 Å². The number of ether oxygens (including phenoxy) is 1. The molecule has 0 aromatic carbocycles. The minimum absolute atomic E-state index is 0.169. The van der Waals surface area contributed by atoms with Crippen LogP contribution < -0.4 is 0 Å². The summed E-state index contributed by atoms with van der Waals surface area (Å²) in [6.45, 7) is 6.86. The third-order valence-corrected chi connectivity index (χ3v) is 6.89. The fraction of sp³-hybridized carbons (Fsp3) is 0.773. The molecule has 1 aromatic rings. The van der Waals surface area contributed by atoms with Crippen LogP contribution in [0.1, 0.15) is 67.4 Å². The van der Waals surface area contributed by atoms with E-state index in [0.29, 0.717) is 5.92 Å². The summed E-state index contributed by atoms with van der Waals surface area (Å²) >= 11 is 0. The number of piperidine rings is 1. The van der Waals surface area contributed by atoms with Crippen LogP contribution in [-0.4, -0.2) is 65.6 Å². The number of carbonyl (C=O) groups excluding carboxylic acids is 1. The molecule has 150 valence electrons. The summed E-state index contributed by atoms with van der Waals surface area (Å²) in [7, 11) is 0. The summed E-state index contributed by atoms with van der Waals surface area (Å²) in [6.07, 6.45) is 12.3. The average molecular weight is 374 g/mol. The van der Waals surface area contributed by atoms with Crippen LogP contribution in [-0.2, 0) is 4.74 Å². The van der Waals surface area contributed by atoms with Crippen molar-refractivity contribution in [2.75, 3.05) is 32.8 Å². The second-order valence-electron chi connectivity index (χ2n) is 8.78. The molecule has 1 atom stereocenters. The maximum atomic E-state index is 13.2. The summed E-state index contributed by atoms with van der Waals surface area (Å²) in [5.74, 6) is 0.787. The molecule has 0 bridgehead atoms. The maximum absolute atomic E-state index is 13.2. The number of nitrogens with zero attached hydrogens (tertiary/aromatic N) is 2. The molecule has 27 heavy (non-hydrogen) atoms. The number of likely N-dealkylation sites (tertiary alicyclic amines) is 1. The molecule has 5 nitrogen and oxygen atoms in total. The van der Waals surface area contributed by atoms with Gasteiger partial charge in [-0.15, -0.1) is 0 Å². The van der Waals surface area contributed by atoms with Gasteiger partial charge in [0.05, 0.1) is 11.7 Å². The number of aryl methyl sites for hydroxylation is 1. The summed E-state index contributed by atoms with van der Waals surface area (Å²) in [5, 5.41) is 0. The zero-order valence-corrected chi connectivity index (χ0v) is 16.8. The van der Waals surface area contributed by atoms with E-state index in [0.717, 1.165) is 49.8 Å². The second-order valence-corrected chi connectivity index (χ2v) is 8.78. The number of hydrogen-bond donors (Lipinski definition) is 1. The quantitative estimate of drug-likeness (QED) is 0.829. The van der Waals surface area contributed by atoms with Crippen molar-refractivity contribution < 1.29 is 9.53 Å². The molecule has 3 aliphatic rings. The van der Waals surface area contributed by atoms with Gasteiger partial charge in [0.2, 0.25) is 0 Å². The minimum atomic E-state index is 0.169. The van der Waals surface area contributed by atoms with Gasteiger partial charge in [0.15, 0.2) is 0 Å². The number of aromatic amines is 1. The number of carbonyl (C=O) groups is 1. The number of nitrogens with one attached hydrogen (secondary N) is 1. The van der Waals surface area contributed by atoms with E-state index in [1.165, 1.54) is 51.6 Å². The minimum Gasteiger partial charge on any atom is -0.376 e. The van der Waals surface area contributed by atoms with Crippen molar-refractivity contribution in [1.82, 2.24) is 14.8 Å². The van der Waals surface area contributed by atoms with Gasteiger partial charge < -0.3 is 19.5 Å². The van der Waals surface area contributed by atoms with Gasteiger partial charge in [-0.25, -0.2) is 0 Å². The molecule has 5 heteroatoms. The predicted octanol–water partition coefficient (Wildman–Crippen LogP) is 3.60. The largest absolute Gasteiger partial charge is 0.376 e. The third-order valence-electron chi connectivity index (χ3n) is 6.89. The van der Waals surface area contributed by atoms with Crippen molar-refractivity contribution in [2.24, 2.45) is 5.92 Å². The summed E-state index contributed by atoms with van der Waals surface area (Å²) in [4.78, 5) is 21.2. The Morgan fingerprint density at radius 2 is 1.93 bits per heavy atom. The van der Waals surface area contributed by atoms with Gasteiger partial charge in [0.25, 0.3) is 5.91 Å². The van der Waals surface area contributed by atoms with Crippen LogP contribution in [0, 0.1) is 12.8 Å². The van der Waals surface area contributed by atoms with E-state index in [1.54, 1.807) is 0 Å². The number of amides is 1. The monoisotopic (exact) mass is 373 g/mol. The molecule has 1 aromatic heterocycles. The lowest BCUT2D eigenvalue weighted by atomic mass is 9.94. The first-order valence-electron chi connectivity index (χ1n) is 11.0. The first-order chi connectivity index (χ1) is 13.2. The highest BCUT2D eigenvalue weighted by atomic mass is 16.5. The molecule has 1 N–H and O–H groups in total. The van der Waals surface area contributed by atoms with Crippen LogP contribution in [0.25, 0.3) is 0 Å². The van der Waals surface area contributed by atoms with Crippen molar-refractivity contribution in [3.63, 3.8) is 0 Å². The predicted molar refractivity (Wildman–Crippen MR) is 107 cm³/mol. The second kappa shape index (κ2) is 8.78. The highest BCUT2D eigenvalue weighted by molar-refractivity contribution is 5.95. The average Bonchev–Trinajstić information content (AvgIpc) is 3.44. The van der Waals surface area contributed by atoms with Crippen LogP contribution in [0.5, 0.6) is 0 Å². The van der Waals surface area contributed by atoms with Crippen molar-refractivity contribution >= 4 is 5.91 Å². The Labute approximate surface area is 163 Å². The van der Waals surface area contributed by atoms with Crippen LogP contribution >= 0.6 is 0 Å². The van der Waals surface area contributed by atoms with Crippen LogP contribution in [0.4, 0.5) is 0 Å². The molecule has 0 radical (unpaired) electrons. The van der Waals surface area contributed by atoms with E-state index in [1.807, 2.05) is 19.2 Å². The molecule has 1 amide bonds.